The van der Waals surface area contributed by atoms with Crippen LogP contribution in [0.15, 0.2) is 18.2 Å². The number of amides is 2. The van der Waals surface area contributed by atoms with Gasteiger partial charge in [0, 0.05) is 26.7 Å². The summed E-state index contributed by atoms with van der Waals surface area (Å²) >= 11 is 0. The van der Waals surface area contributed by atoms with Crippen LogP contribution in [0.1, 0.15) is 18.4 Å². The van der Waals surface area contributed by atoms with E-state index in [1.165, 1.54) is 18.0 Å². The number of likely N-dealkylation sites (N-methyl/N-ethyl adjacent to an activating group) is 1. The Hall–Kier alpha value is -1.96. The van der Waals surface area contributed by atoms with Crippen LogP contribution in [0, 0.1) is 0 Å². The van der Waals surface area contributed by atoms with Crippen LogP contribution in [-0.2, 0) is 6.18 Å². The van der Waals surface area contributed by atoms with Crippen molar-refractivity contribution >= 4 is 17.4 Å². The number of nitrogens with one attached hydrogen (secondary N) is 1. The van der Waals surface area contributed by atoms with E-state index in [0.29, 0.717) is 5.69 Å². The Bertz CT molecular complexity index is 557. The van der Waals surface area contributed by atoms with Crippen molar-refractivity contribution in [3.8, 4) is 0 Å². The minimum absolute atomic E-state index is 0.101. The van der Waals surface area contributed by atoms with E-state index in [9.17, 15) is 18.0 Å². The van der Waals surface area contributed by atoms with Gasteiger partial charge < -0.3 is 20.2 Å². The van der Waals surface area contributed by atoms with Crippen LogP contribution >= 0.6 is 0 Å². The molecule has 2 N–H and O–H groups in total. The Morgan fingerprint density at radius 2 is 2.00 bits per heavy atom. The molecule has 1 fully saturated rings. The molecule has 128 valence electrons. The number of carbonyl (C=O) groups excluding carboxylic acids is 1. The summed E-state index contributed by atoms with van der Waals surface area (Å²) in [6, 6.07) is 2.83. The molecule has 1 aromatic carbocycles. The number of alkyl halides is 3. The average Bonchev–Trinajstić information content (AvgIpc) is 3.00. The lowest BCUT2D eigenvalue weighted by Crippen LogP contribution is -2.34. The lowest BCUT2D eigenvalue weighted by molar-refractivity contribution is -0.137. The summed E-state index contributed by atoms with van der Waals surface area (Å²) in [5.41, 5.74) is -0.0849. The molecule has 23 heavy (non-hydrogen) atoms. The number of hydrogen-bond acceptors (Lipinski definition) is 3. The number of halogens is 3. The van der Waals surface area contributed by atoms with E-state index in [0.717, 1.165) is 38.1 Å². The van der Waals surface area contributed by atoms with Crippen LogP contribution in [0.4, 0.5) is 29.3 Å². The first-order valence-corrected chi connectivity index (χ1v) is 7.42. The monoisotopic (exact) mass is 331 g/mol. The van der Waals surface area contributed by atoms with Crippen LogP contribution in [0.25, 0.3) is 0 Å². The zero-order chi connectivity index (χ0) is 17.0. The van der Waals surface area contributed by atoms with Crippen molar-refractivity contribution in [2.24, 2.45) is 0 Å². The molecule has 1 aliphatic heterocycles. The van der Waals surface area contributed by atoms with Crippen LogP contribution in [0.3, 0.4) is 0 Å². The van der Waals surface area contributed by atoms with Crippen LogP contribution in [0.2, 0.25) is 0 Å². The predicted molar refractivity (Wildman–Crippen MR) is 81.6 cm³/mol. The number of aliphatic hydroxyl groups excluding tert-OH is 1. The van der Waals surface area contributed by atoms with Gasteiger partial charge in [-0.3, -0.25) is 0 Å². The highest BCUT2D eigenvalue weighted by Crippen LogP contribution is 2.36. The molecule has 2 amide bonds. The first-order chi connectivity index (χ1) is 10.8. The van der Waals surface area contributed by atoms with Gasteiger partial charge >= 0.3 is 12.2 Å². The summed E-state index contributed by atoms with van der Waals surface area (Å²) in [5.74, 6) is 0. The average molecular weight is 331 g/mol. The fraction of sp³-hybridized carbons (Fsp3) is 0.533. The topological polar surface area (TPSA) is 55.8 Å². The van der Waals surface area contributed by atoms with E-state index in [1.54, 1.807) is 0 Å². The summed E-state index contributed by atoms with van der Waals surface area (Å²) < 4.78 is 38.8. The van der Waals surface area contributed by atoms with Gasteiger partial charge in [-0.05, 0) is 31.0 Å². The highest BCUT2D eigenvalue weighted by atomic mass is 19.4. The van der Waals surface area contributed by atoms with Gasteiger partial charge in [0.2, 0.25) is 0 Å². The van der Waals surface area contributed by atoms with Gasteiger partial charge in [0.15, 0.2) is 0 Å². The third-order valence-corrected chi connectivity index (χ3v) is 3.79. The highest BCUT2D eigenvalue weighted by molar-refractivity contribution is 5.93. The quantitative estimate of drug-likeness (QED) is 0.892. The van der Waals surface area contributed by atoms with E-state index in [4.69, 9.17) is 5.11 Å². The third-order valence-electron chi connectivity index (χ3n) is 3.79. The Morgan fingerprint density at radius 1 is 1.35 bits per heavy atom. The number of anilines is 2. The van der Waals surface area contributed by atoms with E-state index in [1.807, 2.05) is 4.90 Å². The zero-order valence-corrected chi connectivity index (χ0v) is 12.9. The Labute approximate surface area is 132 Å². The predicted octanol–water partition coefficient (Wildman–Crippen LogP) is 2.76. The van der Waals surface area contributed by atoms with Crippen molar-refractivity contribution in [3.63, 3.8) is 0 Å². The molecule has 1 aliphatic rings. The lowest BCUT2D eigenvalue weighted by atomic mass is 10.1. The first kappa shape index (κ1) is 17.4. The van der Waals surface area contributed by atoms with Crippen LogP contribution in [0.5, 0.6) is 0 Å². The molecule has 0 unspecified atom stereocenters. The van der Waals surface area contributed by atoms with Gasteiger partial charge in [0.1, 0.15) is 0 Å². The van der Waals surface area contributed by atoms with Gasteiger partial charge in [-0.15, -0.1) is 0 Å². The molecular weight excluding hydrogens is 311 g/mol. The van der Waals surface area contributed by atoms with Gasteiger partial charge in [0.05, 0.1) is 23.5 Å². The highest BCUT2D eigenvalue weighted by Gasteiger charge is 2.32. The summed E-state index contributed by atoms with van der Waals surface area (Å²) in [4.78, 5) is 15.2. The molecule has 0 aromatic heterocycles. The number of aliphatic hydroxyl groups is 1. The van der Waals surface area contributed by atoms with Crippen molar-refractivity contribution in [1.82, 2.24) is 4.90 Å². The molecule has 0 spiro atoms. The first-order valence-electron chi connectivity index (χ1n) is 7.42. The summed E-state index contributed by atoms with van der Waals surface area (Å²) in [6.45, 7) is 1.39. The normalized spacial score (nSPS) is 14.9. The maximum Gasteiger partial charge on any atom is 0.416 e. The lowest BCUT2D eigenvalue weighted by Gasteiger charge is -2.24. The molecule has 2 rings (SSSR count). The second-order valence-corrected chi connectivity index (χ2v) is 5.50. The molecule has 0 saturated carbocycles. The van der Waals surface area contributed by atoms with E-state index < -0.39 is 17.8 Å². The van der Waals surface area contributed by atoms with Crippen molar-refractivity contribution < 1.29 is 23.1 Å². The molecule has 1 heterocycles. The fourth-order valence-corrected chi connectivity index (χ4v) is 2.51. The molecule has 0 bridgehead atoms. The number of benzene rings is 1. The number of carbonyl (C=O) groups is 1. The van der Waals surface area contributed by atoms with Crippen molar-refractivity contribution in [2.45, 2.75) is 19.0 Å². The standard InChI is InChI=1S/C15H20F3N3O2/c1-20(8-9-22)14(23)19-12-10-11(15(16,17)18)4-5-13(12)21-6-2-3-7-21/h4-5,10,22H,2-3,6-9H2,1H3,(H,19,23). The smallest absolute Gasteiger partial charge is 0.395 e. The minimum atomic E-state index is -4.47. The Morgan fingerprint density at radius 3 is 2.57 bits per heavy atom. The Balaban J connectivity index is 2.30. The van der Waals surface area contributed by atoms with Crippen LogP contribution < -0.4 is 10.2 Å². The van der Waals surface area contributed by atoms with E-state index in [2.05, 4.69) is 5.32 Å². The Kier molecular flexibility index (Phi) is 5.35. The van der Waals surface area contributed by atoms with Gasteiger partial charge in [-0.25, -0.2) is 4.79 Å². The molecule has 5 nitrogen and oxygen atoms in total. The van der Waals surface area contributed by atoms with Crippen molar-refractivity contribution in [2.75, 3.05) is 43.5 Å². The molecule has 1 aromatic rings. The molecule has 0 aliphatic carbocycles. The summed E-state index contributed by atoms with van der Waals surface area (Å²) in [7, 11) is 1.47. The van der Waals surface area contributed by atoms with Gasteiger partial charge in [-0.2, -0.15) is 13.2 Å². The molecule has 0 radical (unpaired) electrons. The van der Waals surface area contributed by atoms with E-state index >= 15 is 0 Å². The fourth-order valence-electron chi connectivity index (χ4n) is 2.51. The van der Waals surface area contributed by atoms with Gasteiger partial charge in [-0.1, -0.05) is 0 Å². The second kappa shape index (κ2) is 7.08. The molecular formula is C15H20F3N3O2. The molecule has 1 saturated heterocycles. The van der Waals surface area contributed by atoms with Gasteiger partial charge in [0.25, 0.3) is 0 Å². The maximum absolute atomic E-state index is 12.9. The summed E-state index contributed by atoms with van der Waals surface area (Å²) in [5, 5.41) is 11.4. The SMILES string of the molecule is CN(CCO)C(=O)Nc1cc(C(F)(F)F)ccc1N1CCCC1. The van der Waals surface area contributed by atoms with Crippen molar-refractivity contribution in [3.05, 3.63) is 23.8 Å². The minimum Gasteiger partial charge on any atom is -0.395 e. The number of nitrogens with zero attached hydrogens (tertiary/aromatic N) is 2. The van der Waals surface area contributed by atoms with Crippen LogP contribution in [-0.4, -0.2) is 49.3 Å². The number of rotatable bonds is 4. The zero-order valence-electron chi connectivity index (χ0n) is 12.9. The second-order valence-electron chi connectivity index (χ2n) is 5.50. The molecule has 8 heteroatoms. The van der Waals surface area contributed by atoms with E-state index in [-0.39, 0.29) is 18.8 Å². The summed E-state index contributed by atoms with van der Waals surface area (Å²) in [6.07, 6.45) is -2.53. The number of urea groups is 1. The maximum atomic E-state index is 12.9. The third kappa shape index (κ3) is 4.28. The largest absolute Gasteiger partial charge is 0.416 e. The molecule has 0 atom stereocenters. The number of hydrogen-bond donors (Lipinski definition) is 2. The van der Waals surface area contributed by atoms with Crippen molar-refractivity contribution in [1.29, 1.82) is 0 Å².